The number of amides is 1. The van der Waals surface area contributed by atoms with Crippen LogP contribution in [-0.4, -0.2) is 46.4 Å². The van der Waals surface area contributed by atoms with E-state index >= 15 is 0 Å². The summed E-state index contributed by atoms with van der Waals surface area (Å²) in [4.78, 5) is 18.8. The number of nitrogens with zero attached hydrogens (tertiary/aromatic N) is 5. The van der Waals surface area contributed by atoms with Gasteiger partial charge in [0.2, 0.25) is 0 Å². The first-order valence-corrected chi connectivity index (χ1v) is 11.1. The van der Waals surface area contributed by atoms with E-state index < -0.39 is 0 Å². The van der Waals surface area contributed by atoms with Gasteiger partial charge in [-0.15, -0.1) is 0 Å². The fourth-order valence-corrected chi connectivity index (χ4v) is 3.96. The summed E-state index contributed by atoms with van der Waals surface area (Å²) in [6.45, 7) is 3.21. The topological polar surface area (TPSA) is 107 Å². The molecule has 0 unspecified atom stereocenters. The molecule has 35 heavy (non-hydrogen) atoms. The first kappa shape index (κ1) is 22.0. The molecule has 0 spiro atoms. The second-order valence-electron chi connectivity index (χ2n) is 8.15. The number of hydrogen-bond acceptors (Lipinski definition) is 7. The van der Waals surface area contributed by atoms with Gasteiger partial charge in [-0.3, -0.25) is 9.79 Å². The Morgan fingerprint density at radius 3 is 2.54 bits per heavy atom. The SMILES string of the molecule is Cc1c(NC(=O)C2=NCCN2C)cn2ncc(C#N)c(Nc3ccc(Oc4ccccc4)cc3)c12. The molecule has 2 aromatic carbocycles. The van der Waals surface area contributed by atoms with Crippen LogP contribution in [0.5, 0.6) is 11.5 Å². The molecule has 0 aliphatic carbocycles. The van der Waals surface area contributed by atoms with Crippen molar-refractivity contribution in [3.8, 4) is 17.6 Å². The molecule has 3 heterocycles. The zero-order valence-corrected chi connectivity index (χ0v) is 19.3. The van der Waals surface area contributed by atoms with Crippen LogP contribution in [0.25, 0.3) is 5.52 Å². The number of fused-ring (bicyclic) bond motifs is 1. The lowest BCUT2D eigenvalue weighted by Gasteiger charge is -2.13. The van der Waals surface area contributed by atoms with E-state index in [9.17, 15) is 10.1 Å². The van der Waals surface area contributed by atoms with Crippen LogP contribution in [0, 0.1) is 18.3 Å². The number of benzene rings is 2. The quantitative estimate of drug-likeness (QED) is 0.439. The van der Waals surface area contributed by atoms with Crippen LogP contribution in [0.3, 0.4) is 0 Å². The van der Waals surface area contributed by atoms with Crippen LogP contribution in [0.1, 0.15) is 11.1 Å². The molecule has 2 N–H and O–H groups in total. The highest BCUT2D eigenvalue weighted by Gasteiger charge is 2.23. The lowest BCUT2D eigenvalue weighted by molar-refractivity contribution is -0.110. The van der Waals surface area contributed by atoms with Gasteiger partial charge < -0.3 is 20.3 Å². The van der Waals surface area contributed by atoms with E-state index in [4.69, 9.17) is 4.74 Å². The van der Waals surface area contributed by atoms with Crippen LogP contribution < -0.4 is 15.4 Å². The fraction of sp³-hybridized carbons (Fsp3) is 0.154. The van der Waals surface area contributed by atoms with Crippen molar-refractivity contribution in [2.45, 2.75) is 6.92 Å². The Labute approximate surface area is 202 Å². The molecule has 4 aromatic rings. The maximum atomic E-state index is 12.7. The van der Waals surface area contributed by atoms with Gasteiger partial charge in [-0.1, -0.05) is 18.2 Å². The third-order valence-electron chi connectivity index (χ3n) is 5.79. The number of aromatic nitrogens is 2. The summed E-state index contributed by atoms with van der Waals surface area (Å²) in [6, 6.07) is 19.2. The van der Waals surface area contributed by atoms with Crippen LogP contribution in [0.4, 0.5) is 17.1 Å². The lowest BCUT2D eigenvalue weighted by atomic mass is 10.1. The summed E-state index contributed by atoms with van der Waals surface area (Å²) in [7, 11) is 1.84. The number of hydrogen-bond donors (Lipinski definition) is 2. The molecule has 0 bridgehead atoms. The molecule has 1 aliphatic rings. The van der Waals surface area contributed by atoms with Crippen molar-refractivity contribution >= 4 is 34.3 Å². The third kappa shape index (κ3) is 4.37. The monoisotopic (exact) mass is 465 g/mol. The number of carbonyl (C=O) groups excluding carboxylic acids is 1. The summed E-state index contributed by atoms with van der Waals surface area (Å²) in [6.07, 6.45) is 3.24. The molecule has 0 saturated heterocycles. The van der Waals surface area contributed by atoms with Crippen molar-refractivity contribution < 1.29 is 9.53 Å². The summed E-state index contributed by atoms with van der Waals surface area (Å²) in [5, 5.41) is 20.4. The smallest absolute Gasteiger partial charge is 0.290 e. The first-order valence-electron chi connectivity index (χ1n) is 11.1. The van der Waals surface area contributed by atoms with Crippen molar-refractivity contribution in [3.05, 3.63) is 78.1 Å². The Morgan fingerprint density at radius 1 is 1.11 bits per heavy atom. The number of anilines is 3. The highest BCUT2D eigenvalue weighted by molar-refractivity contribution is 6.42. The van der Waals surface area contributed by atoms with Gasteiger partial charge in [-0.2, -0.15) is 10.4 Å². The van der Waals surface area contributed by atoms with Gasteiger partial charge in [-0.05, 0) is 43.3 Å². The fourth-order valence-electron chi connectivity index (χ4n) is 3.96. The van der Waals surface area contributed by atoms with Crippen molar-refractivity contribution in [2.75, 3.05) is 30.8 Å². The molecule has 174 valence electrons. The maximum absolute atomic E-state index is 12.7. The van der Waals surface area contributed by atoms with E-state index in [1.54, 1.807) is 10.7 Å². The Kier molecular flexibility index (Phi) is 5.77. The summed E-state index contributed by atoms with van der Waals surface area (Å²) < 4.78 is 7.51. The molecule has 5 rings (SSSR count). The van der Waals surface area contributed by atoms with Gasteiger partial charge in [0, 0.05) is 24.8 Å². The number of nitrogens with one attached hydrogen (secondary N) is 2. The molecule has 9 heteroatoms. The van der Waals surface area contributed by atoms with Crippen molar-refractivity contribution in [2.24, 2.45) is 4.99 Å². The average molecular weight is 466 g/mol. The van der Waals surface area contributed by atoms with E-state index in [-0.39, 0.29) is 5.91 Å². The molecule has 0 atom stereocenters. The highest BCUT2D eigenvalue weighted by Crippen LogP contribution is 2.33. The van der Waals surface area contributed by atoms with Gasteiger partial charge in [0.1, 0.15) is 17.6 Å². The molecule has 0 radical (unpaired) electrons. The minimum atomic E-state index is -0.270. The van der Waals surface area contributed by atoms with Crippen LogP contribution >= 0.6 is 0 Å². The normalized spacial score (nSPS) is 12.8. The van der Waals surface area contributed by atoms with Crippen molar-refractivity contribution in [1.29, 1.82) is 5.26 Å². The second-order valence-corrected chi connectivity index (χ2v) is 8.15. The Morgan fingerprint density at radius 2 is 1.86 bits per heavy atom. The lowest BCUT2D eigenvalue weighted by Crippen LogP contribution is -2.34. The Hall–Kier alpha value is -4.84. The highest BCUT2D eigenvalue weighted by atomic mass is 16.5. The van der Waals surface area contributed by atoms with E-state index in [1.807, 2.05) is 73.5 Å². The minimum absolute atomic E-state index is 0.270. The molecule has 1 amide bonds. The number of ether oxygens (including phenoxy) is 1. The molecule has 0 saturated carbocycles. The zero-order valence-electron chi connectivity index (χ0n) is 19.3. The average Bonchev–Trinajstić information content (AvgIpc) is 3.44. The molecular weight excluding hydrogens is 442 g/mol. The van der Waals surface area contributed by atoms with Crippen LogP contribution in [0.15, 0.2) is 72.0 Å². The van der Waals surface area contributed by atoms with Crippen molar-refractivity contribution in [3.63, 3.8) is 0 Å². The number of likely N-dealkylation sites (N-methyl/N-ethyl adjacent to an activating group) is 1. The van der Waals surface area contributed by atoms with Crippen LogP contribution in [0.2, 0.25) is 0 Å². The van der Waals surface area contributed by atoms with Crippen molar-refractivity contribution in [1.82, 2.24) is 14.5 Å². The number of nitriles is 1. The van der Waals surface area contributed by atoms with Gasteiger partial charge in [-0.25, -0.2) is 4.52 Å². The second kappa shape index (κ2) is 9.19. The van der Waals surface area contributed by atoms with E-state index in [2.05, 4.69) is 26.8 Å². The predicted octanol–water partition coefficient (Wildman–Crippen LogP) is 4.33. The zero-order chi connectivity index (χ0) is 24.4. The molecule has 9 nitrogen and oxygen atoms in total. The van der Waals surface area contributed by atoms with Gasteiger partial charge >= 0.3 is 0 Å². The standard InChI is InChI=1S/C26H23N7O2/c1-17-22(31-26(34)25-28-12-13-32(25)2)16-33-24(17)23(18(14-27)15-29-33)30-19-8-10-21(11-9-19)35-20-6-4-3-5-7-20/h3-11,15-16,30H,12-13H2,1-2H3,(H,31,34). The van der Waals surface area contributed by atoms with E-state index in [0.29, 0.717) is 40.6 Å². The number of aryl methyl sites for hydroxylation is 1. The molecular formula is C26H23N7O2. The summed E-state index contributed by atoms with van der Waals surface area (Å²) in [5.74, 6) is 1.59. The van der Waals surface area contributed by atoms with E-state index in [1.165, 1.54) is 6.20 Å². The summed E-state index contributed by atoms with van der Waals surface area (Å²) in [5.41, 5.74) is 3.87. The minimum Gasteiger partial charge on any atom is -0.457 e. The largest absolute Gasteiger partial charge is 0.457 e. The number of carbonyl (C=O) groups is 1. The number of rotatable bonds is 6. The van der Waals surface area contributed by atoms with Gasteiger partial charge in [0.25, 0.3) is 5.91 Å². The number of para-hydroxylation sites is 1. The Balaban J connectivity index is 1.43. The maximum Gasteiger partial charge on any atom is 0.290 e. The first-order chi connectivity index (χ1) is 17.0. The molecule has 1 aliphatic heterocycles. The van der Waals surface area contributed by atoms with Gasteiger partial charge in [0.05, 0.1) is 41.4 Å². The third-order valence-corrected chi connectivity index (χ3v) is 5.79. The van der Waals surface area contributed by atoms with Crippen LogP contribution in [-0.2, 0) is 4.79 Å². The van der Waals surface area contributed by atoms with Gasteiger partial charge in [0.15, 0.2) is 5.84 Å². The van der Waals surface area contributed by atoms with E-state index in [0.717, 1.165) is 23.5 Å². The molecule has 0 fully saturated rings. The Bertz CT molecular complexity index is 1470. The molecule has 2 aromatic heterocycles. The number of amidine groups is 1. The predicted molar refractivity (Wildman–Crippen MR) is 134 cm³/mol. The summed E-state index contributed by atoms with van der Waals surface area (Å²) >= 11 is 0. The number of aliphatic imine (C=N–C) groups is 1.